The second-order valence-electron chi connectivity index (χ2n) is 14.4. The zero-order valence-corrected chi connectivity index (χ0v) is 32.3. The molecule has 0 saturated heterocycles. The molecule has 1 N–H and O–H groups in total. The van der Waals surface area contributed by atoms with Crippen molar-refractivity contribution in [1.29, 1.82) is 0 Å². The maximum atomic E-state index is 12.2. The number of rotatable bonds is 39. The fraction of sp³-hybridized carbons (Fsp3) is 0.907. The van der Waals surface area contributed by atoms with Crippen molar-refractivity contribution in [1.82, 2.24) is 0 Å². The molecule has 0 unspecified atom stereocenters. The van der Waals surface area contributed by atoms with Gasteiger partial charge in [0, 0.05) is 12.8 Å². The summed E-state index contributed by atoms with van der Waals surface area (Å²) < 4.78 is 10.6. The van der Waals surface area contributed by atoms with Crippen molar-refractivity contribution in [3.8, 4) is 0 Å². The van der Waals surface area contributed by atoms with Gasteiger partial charge < -0.3 is 14.6 Å². The largest absolute Gasteiger partial charge is 0.462 e. The van der Waals surface area contributed by atoms with Gasteiger partial charge in [0.2, 0.25) is 0 Å². The predicted octanol–water partition coefficient (Wildman–Crippen LogP) is 13.3. The molecule has 0 aliphatic heterocycles. The molecule has 0 aliphatic rings. The van der Waals surface area contributed by atoms with Crippen LogP contribution in [0.15, 0.2) is 12.2 Å². The molecule has 0 saturated carbocycles. The van der Waals surface area contributed by atoms with Crippen molar-refractivity contribution in [2.75, 3.05) is 13.2 Å². The first-order valence-corrected chi connectivity index (χ1v) is 21.2. The van der Waals surface area contributed by atoms with E-state index < -0.39 is 6.10 Å². The van der Waals surface area contributed by atoms with Crippen LogP contribution >= 0.6 is 0 Å². The van der Waals surface area contributed by atoms with E-state index in [1.54, 1.807) is 0 Å². The number of aliphatic hydroxyl groups excluding tert-OH is 1. The summed E-state index contributed by atoms with van der Waals surface area (Å²) in [6, 6.07) is 0. The zero-order valence-electron chi connectivity index (χ0n) is 32.3. The Hall–Kier alpha value is -1.36. The lowest BCUT2D eigenvalue weighted by Gasteiger charge is -2.15. The van der Waals surface area contributed by atoms with Crippen molar-refractivity contribution >= 4 is 11.9 Å². The molecule has 1 atom stereocenters. The maximum absolute atomic E-state index is 12.2. The van der Waals surface area contributed by atoms with Crippen LogP contribution in [0.25, 0.3) is 0 Å². The summed E-state index contributed by atoms with van der Waals surface area (Å²) in [7, 11) is 0. The second kappa shape index (κ2) is 40.1. The minimum absolute atomic E-state index is 0.0621. The van der Waals surface area contributed by atoms with Gasteiger partial charge in [-0.2, -0.15) is 0 Å². The van der Waals surface area contributed by atoms with Crippen LogP contribution in [0.1, 0.15) is 232 Å². The second-order valence-corrected chi connectivity index (χ2v) is 14.4. The van der Waals surface area contributed by atoms with Gasteiger partial charge in [-0.15, -0.1) is 0 Å². The SMILES string of the molecule is CCCCCC/C=C/CCCCCCCCCC(=O)OC[C@H](CO)OC(=O)CCCCCCCCCCCCCCCCCCCCC. The van der Waals surface area contributed by atoms with Crippen molar-refractivity contribution in [2.24, 2.45) is 0 Å². The molecule has 48 heavy (non-hydrogen) atoms. The van der Waals surface area contributed by atoms with Crippen LogP contribution in [-0.4, -0.2) is 36.4 Å². The molecule has 0 heterocycles. The van der Waals surface area contributed by atoms with Gasteiger partial charge in [0.15, 0.2) is 6.10 Å². The lowest BCUT2D eigenvalue weighted by molar-refractivity contribution is -0.161. The van der Waals surface area contributed by atoms with E-state index in [4.69, 9.17) is 9.47 Å². The van der Waals surface area contributed by atoms with Crippen LogP contribution in [0.4, 0.5) is 0 Å². The number of hydrogen-bond acceptors (Lipinski definition) is 5. The first-order valence-electron chi connectivity index (χ1n) is 21.2. The van der Waals surface area contributed by atoms with Gasteiger partial charge >= 0.3 is 11.9 Å². The minimum Gasteiger partial charge on any atom is -0.462 e. The zero-order chi connectivity index (χ0) is 35.0. The summed E-state index contributed by atoms with van der Waals surface area (Å²) in [5.74, 6) is -0.583. The Morgan fingerprint density at radius 3 is 1.15 bits per heavy atom. The summed E-state index contributed by atoms with van der Waals surface area (Å²) in [5, 5.41) is 9.57. The van der Waals surface area contributed by atoms with Gasteiger partial charge in [0.25, 0.3) is 0 Å². The highest BCUT2D eigenvalue weighted by molar-refractivity contribution is 5.70. The summed E-state index contributed by atoms with van der Waals surface area (Å²) in [4.78, 5) is 24.3. The lowest BCUT2D eigenvalue weighted by atomic mass is 10.0. The summed E-state index contributed by atoms with van der Waals surface area (Å²) >= 11 is 0. The topological polar surface area (TPSA) is 72.8 Å². The Labute approximate surface area is 299 Å². The smallest absolute Gasteiger partial charge is 0.306 e. The van der Waals surface area contributed by atoms with Gasteiger partial charge in [-0.1, -0.05) is 193 Å². The molecule has 0 aliphatic carbocycles. The molecule has 5 nitrogen and oxygen atoms in total. The first-order chi connectivity index (χ1) is 23.6. The van der Waals surface area contributed by atoms with Gasteiger partial charge in [0.1, 0.15) is 6.61 Å². The highest BCUT2D eigenvalue weighted by Gasteiger charge is 2.16. The van der Waals surface area contributed by atoms with E-state index in [1.165, 1.54) is 167 Å². The number of esters is 2. The van der Waals surface area contributed by atoms with Crippen molar-refractivity contribution < 1.29 is 24.2 Å². The van der Waals surface area contributed by atoms with Crippen LogP contribution in [0, 0.1) is 0 Å². The third-order valence-electron chi connectivity index (χ3n) is 9.56. The van der Waals surface area contributed by atoms with Crippen LogP contribution in [0.2, 0.25) is 0 Å². The van der Waals surface area contributed by atoms with E-state index in [1.807, 2.05) is 0 Å². The maximum Gasteiger partial charge on any atom is 0.306 e. The number of unbranched alkanes of at least 4 members (excludes halogenated alkanes) is 29. The molecule has 0 fully saturated rings. The Kier molecular flexibility index (Phi) is 38.9. The molecular weight excluding hydrogens is 596 g/mol. The van der Waals surface area contributed by atoms with E-state index in [2.05, 4.69) is 26.0 Å². The van der Waals surface area contributed by atoms with E-state index in [0.717, 1.165) is 38.5 Å². The average Bonchev–Trinajstić information content (AvgIpc) is 3.09. The normalized spacial score (nSPS) is 12.1. The highest BCUT2D eigenvalue weighted by Crippen LogP contribution is 2.16. The standard InChI is InChI=1S/C43H82O5/c1-3-5-7-9-11-13-15-17-19-20-21-22-24-26-28-30-32-34-36-38-43(46)48-41(39-44)40-47-42(45)37-35-33-31-29-27-25-23-18-16-14-12-10-8-6-4-2/h14,16,41,44H,3-13,15,17-40H2,1-2H3/b16-14+/t41-/m0/s1. The third kappa shape index (κ3) is 37.5. The van der Waals surface area contributed by atoms with Gasteiger partial charge in [-0.25, -0.2) is 0 Å². The molecule has 0 bridgehead atoms. The van der Waals surface area contributed by atoms with E-state index in [9.17, 15) is 14.7 Å². The molecule has 0 spiro atoms. The lowest BCUT2D eigenvalue weighted by Crippen LogP contribution is -2.28. The van der Waals surface area contributed by atoms with E-state index in [-0.39, 0.29) is 25.2 Å². The number of allylic oxidation sites excluding steroid dienone is 2. The molecule has 0 aromatic rings. The molecule has 284 valence electrons. The van der Waals surface area contributed by atoms with E-state index in [0.29, 0.717) is 12.8 Å². The number of hydrogen-bond donors (Lipinski definition) is 1. The van der Waals surface area contributed by atoms with Crippen molar-refractivity contribution in [3.05, 3.63) is 12.2 Å². The van der Waals surface area contributed by atoms with Gasteiger partial charge in [-0.05, 0) is 38.5 Å². The number of carbonyl (C=O) groups is 2. The summed E-state index contributed by atoms with van der Waals surface area (Å²) in [6.45, 7) is 4.15. The molecule has 5 heteroatoms. The molecule has 0 rings (SSSR count). The van der Waals surface area contributed by atoms with Gasteiger partial charge in [-0.3, -0.25) is 9.59 Å². The summed E-state index contributed by atoms with van der Waals surface area (Å²) in [6.07, 6.45) is 45.6. The Bertz CT molecular complexity index is 691. The van der Waals surface area contributed by atoms with Gasteiger partial charge in [0.05, 0.1) is 6.61 Å². The molecule has 0 aromatic carbocycles. The quantitative estimate of drug-likeness (QED) is 0.0398. The number of ether oxygens (including phenoxy) is 2. The molecule has 0 aromatic heterocycles. The van der Waals surface area contributed by atoms with Crippen molar-refractivity contribution in [2.45, 2.75) is 238 Å². The fourth-order valence-corrected chi connectivity index (χ4v) is 6.31. The number of carbonyl (C=O) groups excluding carboxylic acids is 2. The fourth-order valence-electron chi connectivity index (χ4n) is 6.31. The van der Waals surface area contributed by atoms with Crippen LogP contribution < -0.4 is 0 Å². The van der Waals surface area contributed by atoms with Crippen LogP contribution in [0.3, 0.4) is 0 Å². The van der Waals surface area contributed by atoms with Crippen LogP contribution in [-0.2, 0) is 19.1 Å². The summed E-state index contributed by atoms with van der Waals surface area (Å²) in [5.41, 5.74) is 0. The monoisotopic (exact) mass is 679 g/mol. The predicted molar refractivity (Wildman–Crippen MR) is 205 cm³/mol. The van der Waals surface area contributed by atoms with E-state index >= 15 is 0 Å². The molecule has 0 radical (unpaired) electrons. The highest BCUT2D eigenvalue weighted by atomic mass is 16.6. The Balaban J connectivity index is 3.49. The minimum atomic E-state index is -0.766. The third-order valence-corrected chi connectivity index (χ3v) is 9.56. The Morgan fingerprint density at radius 2 is 0.771 bits per heavy atom. The molecular formula is C43H82O5. The molecule has 0 amide bonds. The van der Waals surface area contributed by atoms with Crippen molar-refractivity contribution in [3.63, 3.8) is 0 Å². The number of aliphatic hydroxyl groups is 1. The Morgan fingerprint density at radius 1 is 0.458 bits per heavy atom. The van der Waals surface area contributed by atoms with Crippen LogP contribution in [0.5, 0.6) is 0 Å². The first kappa shape index (κ1) is 46.6. The average molecular weight is 679 g/mol.